The minimum Gasteiger partial charge on any atom is -0.381 e. The van der Waals surface area contributed by atoms with Crippen molar-refractivity contribution < 1.29 is 17.9 Å². The van der Waals surface area contributed by atoms with Gasteiger partial charge in [-0.1, -0.05) is 0 Å². The highest BCUT2D eigenvalue weighted by atomic mass is 32.2. The Morgan fingerprint density at radius 2 is 2.12 bits per heavy atom. The van der Waals surface area contributed by atoms with Crippen molar-refractivity contribution in [3.63, 3.8) is 0 Å². The zero-order chi connectivity index (χ0) is 17.7. The third kappa shape index (κ3) is 11.6. The van der Waals surface area contributed by atoms with Gasteiger partial charge >= 0.3 is 0 Å². The molecule has 142 valence electrons. The van der Waals surface area contributed by atoms with Crippen LogP contribution in [-0.4, -0.2) is 73.2 Å². The first-order valence-electron chi connectivity index (χ1n) is 8.63. The van der Waals surface area contributed by atoms with Gasteiger partial charge in [0.15, 0.2) is 5.96 Å². The van der Waals surface area contributed by atoms with E-state index >= 15 is 0 Å². The number of nitrogens with zero attached hydrogens (tertiary/aromatic N) is 1. The smallest absolute Gasteiger partial charge is 0.208 e. The molecule has 8 nitrogen and oxygen atoms in total. The summed E-state index contributed by atoms with van der Waals surface area (Å²) in [5, 5.41) is 6.36. The maximum Gasteiger partial charge on any atom is 0.208 e. The van der Waals surface area contributed by atoms with Gasteiger partial charge in [-0.3, -0.25) is 4.99 Å². The van der Waals surface area contributed by atoms with Crippen LogP contribution in [0.4, 0.5) is 0 Å². The molecule has 0 radical (unpaired) electrons. The standard InChI is InChI=1S/C15H32N4O4S/c1-3-16-15(17-7-4-9-19-24(2,20)21)18-8-5-10-22-12-14-6-11-23-13-14/h14,19H,3-13H2,1-2H3,(H2,16,17,18). The fraction of sp³-hybridized carbons (Fsp3) is 0.933. The molecule has 0 aromatic carbocycles. The van der Waals surface area contributed by atoms with Crippen molar-refractivity contribution in [3.8, 4) is 0 Å². The predicted octanol–water partition coefficient (Wildman–Crippen LogP) is -0.0760. The first kappa shape index (κ1) is 21.1. The van der Waals surface area contributed by atoms with Crippen molar-refractivity contribution in [1.29, 1.82) is 0 Å². The molecule has 1 aliphatic heterocycles. The summed E-state index contributed by atoms with van der Waals surface area (Å²) in [4.78, 5) is 4.48. The van der Waals surface area contributed by atoms with Gasteiger partial charge < -0.3 is 20.1 Å². The lowest BCUT2D eigenvalue weighted by Gasteiger charge is -2.11. The van der Waals surface area contributed by atoms with Gasteiger partial charge in [-0.15, -0.1) is 0 Å². The zero-order valence-electron chi connectivity index (χ0n) is 14.8. The third-order valence-corrected chi connectivity index (χ3v) is 4.18. The van der Waals surface area contributed by atoms with Crippen molar-refractivity contribution in [2.75, 3.05) is 58.9 Å². The van der Waals surface area contributed by atoms with Crippen molar-refractivity contribution >= 4 is 16.0 Å². The maximum atomic E-state index is 11.0. The summed E-state index contributed by atoms with van der Waals surface area (Å²) in [5.74, 6) is 1.30. The van der Waals surface area contributed by atoms with Crippen LogP contribution in [0.25, 0.3) is 0 Å². The van der Waals surface area contributed by atoms with Gasteiger partial charge in [-0.25, -0.2) is 13.1 Å². The van der Waals surface area contributed by atoms with Gasteiger partial charge in [0.25, 0.3) is 0 Å². The molecule has 24 heavy (non-hydrogen) atoms. The number of hydrogen-bond donors (Lipinski definition) is 3. The number of sulfonamides is 1. The molecule has 0 aliphatic carbocycles. The van der Waals surface area contributed by atoms with Crippen LogP contribution in [0.3, 0.4) is 0 Å². The van der Waals surface area contributed by atoms with Crippen LogP contribution < -0.4 is 15.4 Å². The molecule has 3 N–H and O–H groups in total. The third-order valence-electron chi connectivity index (χ3n) is 3.45. The number of nitrogens with one attached hydrogen (secondary N) is 3. The van der Waals surface area contributed by atoms with Crippen LogP contribution in [0, 0.1) is 5.92 Å². The van der Waals surface area contributed by atoms with Gasteiger partial charge in [0.05, 0.1) is 19.5 Å². The maximum absolute atomic E-state index is 11.0. The van der Waals surface area contributed by atoms with Gasteiger partial charge in [0.2, 0.25) is 10.0 Å². The molecule has 0 aromatic heterocycles. The molecule has 0 saturated carbocycles. The average molecular weight is 365 g/mol. The fourth-order valence-electron chi connectivity index (χ4n) is 2.22. The Morgan fingerprint density at radius 3 is 2.79 bits per heavy atom. The van der Waals surface area contributed by atoms with E-state index in [9.17, 15) is 8.42 Å². The minimum atomic E-state index is -3.11. The highest BCUT2D eigenvalue weighted by Gasteiger charge is 2.15. The number of ether oxygens (including phenoxy) is 2. The van der Waals surface area contributed by atoms with E-state index in [1.807, 2.05) is 6.92 Å². The van der Waals surface area contributed by atoms with Crippen LogP contribution in [0.1, 0.15) is 26.2 Å². The number of aliphatic imine (C=N–C) groups is 1. The van der Waals surface area contributed by atoms with Crippen LogP contribution in [0.2, 0.25) is 0 Å². The van der Waals surface area contributed by atoms with Crippen LogP contribution in [0.5, 0.6) is 0 Å². The van der Waals surface area contributed by atoms with Crippen LogP contribution in [0.15, 0.2) is 4.99 Å². The van der Waals surface area contributed by atoms with Gasteiger partial charge in [-0.05, 0) is 26.2 Å². The molecule has 1 saturated heterocycles. The zero-order valence-corrected chi connectivity index (χ0v) is 15.7. The Balaban J connectivity index is 2.07. The molecule has 1 fully saturated rings. The molecule has 0 spiro atoms. The van der Waals surface area contributed by atoms with Crippen LogP contribution >= 0.6 is 0 Å². The SMILES string of the molecule is CCNC(=NCCCOCC1CCOC1)NCCCNS(C)(=O)=O. The summed E-state index contributed by atoms with van der Waals surface area (Å²) in [6.45, 7) is 7.72. The molecule has 1 aliphatic rings. The molecule has 0 bridgehead atoms. The van der Waals surface area contributed by atoms with E-state index in [4.69, 9.17) is 9.47 Å². The normalized spacial score (nSPS) is 18.8. The summed E-state index contributed by atoms with van der Waals surface area (Å²) in [5.41, 5.74) is 0. The molecule has 9 heteroatoms. The average Bonchev–Trinajstić information content (AvgIpc) is 3.02. The summed E-state index contributed by atoms with van der Waals surface area (Å²) in [7, 11) is -3.11. The first-order chi connectivity index (χ1) is 11.5. The van der Waals surface area contributed by atoms with E-state index in [0.29, 0.717) is 38.6 Å². The van der Waals surface area contributed by atoms with E-state index in [1.54, 1.807) is 0 Å². The van der Waals surface area contributed by atoms with Gasteiger partial charge in [0, 0.05) is 45.3 Å². The second-order valence-corrected chi connectivity index (χ2v) is 7.70. The highest BCUT2D eigenvalue weighted by molar-refractivity contribution is 7.88. The first-order valence-corrected chi connectivity index (χ1v) is 10.5. The summed E-state index contributed by atoms with van der Waals surface area (Å²) in [6, 6.07) is 0. The number of rotatable bonds is 12. The Labute approximate surface area is 145 Å². The minimum absolute atomic E-state index is 0.421. The molecular formula is C15H32N4O4S. The van der Waals surface area contributed by atoms with E-state index in [1.165, 1.54) is 0 Å². The molecule has 1 atom stereocenters. The Bertz CT molecular complexity index is 450. The van der Waals surface area contributed by atoms with Gasteiger partial charge in [0.1, 0.15) is 0 Å². The van der Waals surface area contributed by atoms with Crippen LogP contribution in [-0.2, 0) is 19.5 Å². The largest absolute Gasteiger partial charge is 0.381 e. The number of guanidine groups is 1. The second kappa shape index (κ2) is 12.5. The molecular weight excluding hydrogens is 332 g/mol. The summed E-state index contributed by atoms with van der Waals surface area (Å²) >= 11 is 0. The number of hydrogen-bond acceptors (Lipinski definition) is 5. The van der Waals surface area contributed by atoms with Crippen molar-refractivity contribution in [3.05, 3.63) is 0 Å². The Hall–Kier alpha value is -0.900. The van der Waals surface area contributed by atoms with Gasteiger partial charge in [-0.2, -0.15) is 0 Å². The lowest BCUT2D eigenvalue weighted by atomic mass is 10.1. The Kier molecular flexibility index (Phi) is 11.0. The lowest BCUT2D eigenvalue weighted by Crippen LogP contribution is -2.38. The highest BCUT2D eigenvalue weighted by Crippen LogP contribution is 2.12. The van der Waals surface area contributed by atoms with Crippen molar-refractivity contribution in [1.82, 2.24) is 15.4 Å². The summed E-state index contributed by atoms with van der Waals surface area (Å²) < 4.78 is 35.3. The van der Waals surface area contributed by atoms with Crippen molar-refractivity contribution in [2.24, 2.45) is 10.9 Å². The second-order valence-electron chi connectivity index (χ2n) is 5.87. The van der Waals surface area contributed by atoms with E-state index in [2.05, 4.69) is 20.3 Å². The Morgan fingerprint density at radius 1 is 1.29 bits per heavy atom. The predicted molar refractivity (Wildman–Crippen MR) is 95.8 cm³/mol. The van der Waals surface area contributed by atoms with E-state index in [0.717, 1.165) is 51.4 Å². The molecule has 0 aromatic rings. The van der Waals surface area contributed by atoms with E-state index in [-0.39, 0.29) is 0 Å². The summed E-state index contributed by atoms with van der Waals surface area (Å²) in [6.07, 6.45) is 3.83. The quantitative estimate of drug-likeness (QED) is 0.254. The van der Waals surface area contributed by atoms with Crippen molar-refractivity contribution in [2.45, 2.75) is 26.2 Å². The fourth-order valence-corrected chi connectivity index (χ4v) is 2.73. The molecule has 1 unspecified atom stereocenters. The van der Waals surface area contributed by atoms with E-state index < -0.39 is 10.0 Å². The molecule has 1 rings (SSSR count). The monoisotopic (exact) mass is 364 g/mol. The molecule has 0 amide bonds. The lowest BCUT2D eigenvalue weighted by molar-refractivity contribution is 0.0893. The topological polar surface area (TPSA) is 101 Å². The molecule has 1 heterocycles.